The molecule has 6 heteroatoms. The minimum Gasteiger partial charge on any atom is -0.341 e. The smallest absolute Gasteiger partial charge is 0.236 e. The molecular formula is C16H18N4O2. The van der Waals surface area contributed by atoms with Crippen molar-refractivity contribution in [1.82, 2.24) is 14.8 Å². The third-order valence-electron chi connectivity index (χ3n) is 4.55. The summed E-state index contributed by atoms with van der Waals surface area (Å²) in [5.74, 6) is 0.0905. The highest BCUT2D eigenvalue weighted by molar-refractivity contribution is 5.84. The average molecular weight is 298 g/mol. The van der Waals surface area contributed by atoms with Crippen molar-refractivity contribution in [3.05, 3.63) is 30.1 Å². The van der Waals surface area contributed by atoms with Gasteiger partial charge in [0.25, 0.3) is 0 Å². The summed E-state index contributed by atoms with van der Waals surface area (Å²) in [6, 6.07) is 5.71. The molecule has 2 unspecified atom stereocenters. The van der Waals surface area contributed by atoms with Crippen LogP contribution in [0.15, 0.2) is 24.5 Å². The number of piperidine rings is 1. The largest absolute Gasteiger partial charge is 0.341 e. The summed E-state index contributed by atoms with van der Waals surface area (Å²) < 4.78 is 0. The highest BCUT2D eigenvalue weighted by atomic mass is 16.2. The second-order valence-corrected chi connectivity index (χ2v) is 5.90. The predicted octanol–water partition coefficient (Wildman–Crippen LogP) is 0.802. The van der Waals surface area contributed by atoms with Crippen molar-refractivity contribution in [3.8, 4) is 6.07 Å². The van der Waals surface area contributed by atoms with Crippen LogP contribution in [0.4, 0.5) is 0 Å². The third-order valence-corrected chi connectivity index (χ3v) is 4.55. The molecule has 2 atom stereocenters. The van der Waals surface area contributed by atoms with Crippen molar-refractivity contribution >= 4 is 11.8 Å². The first kappa shape index (κ1) is 14.5. The molecule has 2 aliphatic rings. The molecule has 0 N–H and O–H groups in total. The maximum atomic E-state index is 12.6. The molecule has 0 aromatic carbocycles. The van der Waals surface area contributed by atoms with Gasteiger partial charge in [0.2, 0.25) is 11.8 Å². The van der Waals surface area contributed by atoms with E-state index >= 15 is 0 Å². The number of hydrogen-bond acceptors (Lipinski definition) is 4. The van der Waals surface area contributed by atoms with Gasteiger partial charge in [0.05, 0.1) is 12.0 Å². The molecule has 22 heavy (non-hydrogen) atoms. The Labute approximate surface area is 129 Å². The summed E-state index contributed by atoms with van der Waals surface area (Å²) in [4.78, 5) is 32.0. The van der Waals surface area contributed by atoms with Crippen LogP contribution in [0, 0.1) is 23.2 Å². The molecule has 2 amide bonds. The number of likely N-dealkylation sites (tertiary alicyclic amines) is 2. The lowest BCUT2D eigenvalue weighted by Gasteiger charge is -2.33. The Morgan fingerprint density at radius 1 is 1.36 bits per heavy atom. The van der Waals surface area contributed by atoms with Crippen LogP contribution in [0.2, 0.25) is 0 Å². The van der Waals surface area contributed by atoms with Gasteiger partial charge in [0.15, 0.2) is 0 Å². The summed E-state index contributed by atoms with van der Waals surface area (Å²) in [5, 5.41) is 8.64. The van der Waals surface area contributed by atoms with Crippen molar-refractivity contribution in [2.45, 2.75) is 19.4 Å². The molecule has 1 aromatic rings. The fourth-order valence-corrected chi connectivity index (χ4v) is 3.36. The molecular weight excluding hydrogens is 280 g/mol. The fourth-order valence-electron chi connectivity index (χ4n) is 3.36. The third kappa shape index (κ3) is 2.80. The maximum Gasteiger partial charge on any atom is 0.236 e. The van der Waals surface area contributed by atoms with Gasteiger partial charge in [-0.2, -0.15) is 5.26 Å². The van der Waals surface area contributed by atoms with Crippen LogP contribution in [0.5, 0.6) is 0 Å². The summed E-state index contributed by atoms with van der Waals surface area (Å²) in [7, 11) is 0. The highest BCUT2D eigenvalue weighted by Gasteiger charge is 2.43. The molecule has 114 valence electrons. The summed E-state index contributed by atoms with van der Waals surface area (Å²) in [5.41, 5.74) is 1.07. The molecule has 0 bridgehead atoms. The van der Waals surface area contributed by atoms with Crippen LogP contribution in [0.1, 0.15) is 18.4 Å². The number of carbonyl (C=O) groups excluding carboxylic acids is 2. The zero-order valence-corrected chi connectivity index (χ0v) is 12.3. The van der Waals surface area contributed by atoms with E-state index in [2.05, 4.69) is 4.98 Å². The van der Waals surface area contributed by atoms with E-state index in [0.717, 1.165) is 18.5 Å². The first-order valence-corrected chi connectivity index (χ1v) is 7.51. The van der Waals surface area contributed by atoms with Gasteiger partial charge in [-0.05, 0) is 30.0 Å². The predicted molar refractivity (Wildman–Crippen MR) is 78.1 cm³/mol. The fraction of sp³-hybridized carbons (Fsp3) is 0.500. The molecule has 0 saturated carbocycles. The Bertz CT molecular complexity index is 610. The molecule has 2 saturated heterocycles. The highest BCUT2D eigenvalue weighted by Crippen LogP contribution is 2.33. The van der Waals surface area contributed by atoms with Crippen molar-refractivity contribution in [3.63, 3.8) is 0 Å². The second-order valence-electron chi connectivity index (χ2n) is 5.90. The molecule has 2 fully saturated rings. The number of fused-ring (bicyclic) bond motifs is 1. The van der Waals surface area contributed by atoms with Crippen molar-refractivity contribution in [2.75, 3.05) is 19.6 Å². The van der Waals surface area contributed by atoms with E-state index < -0.39 is 0 Å². The molecule has 3 rings (SSSR count). The first-order valence-electron chi connectivity index (χ1n) is 7.51. The molecule has 6 nitrogen and oxygen atoms in total. The lowest BCUT2D eigenvalue weighted by Crippen LogP contribution is -2.44. The number of nitriles is 1. The van der Waals surface area contributed by atoms with Crippen LogP contribution in [0.3, 0.4) is 0 Å². The average Bonchev–Trinajstić information content (AvgIpc) is 2.97. The second kappa shape index (κ2) is 6.14. The summed E-state index contributed by atoms with van der Waals surface area (Å²) in [6.07, 6.45) is 4.26. The maximum absolute atomic E-state index is 12.6. The Morgan fingerprint density at radius 2 is 2.14 bits per heavy atom. The van der Waals surface area contributed by atoms with Gasteiger partial charge < -0.3 is 9.80 Å². The number of amides is 2. The SMILES string of the molecule is N#CCC(=O)N1CC2CCN(Cc3ccncc3)C(=O)C2C1. The minimum absolute atomic E-state index is 0.103. The topological polar surface area (TPSA) is 77.3 Å². The van der Waals surface area contributed by atoms with Crippen LogP contribution >= 0.6 is 0 Å². The van der Waals surface area contributed by atoms with E-state index in [9.17, 15) is 9.59 Å². The zero-order chi connectivity index (χ0) is 15.5. The first-order chi connectivity index (χ1) is 10.7. The molecule has 0 spiro atoms. The van der Waals surface area contributed by atoms with E-state index in [-0.39, 0.29) is 30.1 Å². The normalized spacial score (nSPS) is 24.0. The Kier molecular flexibility index (Phi) is 4.05. The standard InChI is InChI=1S/C16H18N4O2/c17-5-1-15(21)20-10-13-4-8-19(16(22)14(13)11-20)9-12-2-6-18-7-3-12/h2-3,6-7,13-14H,1,4,8-11H2. The van der Waals surface area contributed by atoms with Crippen LogP contribution < -0.4 is 0 Å². The molecule has 1 aromatic heterocycles. The monoisotopic (exact) mass is 298 g/mol. The number of aromatic nitrogens is 1. The van der Waals surface area contributed by atoms with Crippen molar-refractivity contribution in [2.24, 2.45) is 11.8 Å². The summed E-state index contributed by atoms with van der Waals surface area (Å²) in [6.45, 7) is 2.39. The van der Waals surface area contributed by atoms with Crippen LogP contribution in [-0.2, 0) is 16.1 Å². The van der Waals surface area contributed by atoms with Gasteiger partial charge >= 0.3 is 0 Å². The van der Waals surface area contributed by atoms with E-state index in [1.165, 1.54) is 0 Å². The van der Waals surface area contributed by atoms with Gasteiger partial charge in [-0.3, -0.25) is 14.6 Å². The Morgan fingerprint density at radius 3 is 2.86 bits per heavy atom. The Hall–Kier alpha value is -2.42. The van der Waals surface area contributed by atoms with Gasteiger partial charge in [0.1, 0.15) is 6.42 Å². The van der Waals surface area contributed by atoms with Gasteiger partial charge in [-0.25, -0.2) is 0 Å². The lowest BCUT2D eigenvalue weighted by atomic mass is 9.88. The van der Waals surface area contributed by atoms with Gasteiger partial charge in [-0.15, -0.1) is 0 Å². The van der Waals surface area contributed by atoms with E-state index in [0.29, 0.717) is 19.6 Å². The lowest BCUT2D eigenvalue weighted by molar-refractivity contribution is -0.140. The van der Waals surface area contributed by atoms with Crippen LogP contribution in [-0.4, -0.2) is 46.2 Å². The van der Waals surface area contributed by atoms with Gasteiger partial charge in [0, 0.05) is 38.6 Å². The van der Waals surface area contributed by atoms with E-state index in [1.807, 2.05) is 23.1 Å². The van der Waals surface area contributed by atoms with Gasteiger partial charge in [-0.1, -0.05) is 0 Å². The quantitative estimate of drug-likeness (QED) is 0.827. The number of pyridine rings is 1. The van der Waals surface area contributed by atoms with Crippen LogP contribution in [0.25, 0.3) is 0 Å². The minimum atomic E-state index is -0.162. The molecule has 0 aliphatic carbocycles. The van der Waals surface area contributed by atoms with Crippen molar-refractivity contribution < 1.29 is 9.59 Å². The number of nitrogens with zero attached hydrogens (tertiary/aromatic N) is 4. The molecule has 2 aliphatic heterocycles. The number of hydrogen-bond donors (Lipinski definition) is 0. The zero-order valence-electron chi connectivity index (χ0n) is 12.3. The number of carbonyl (C=O) groups is 2. The van der Waals surface area contributed by atoms with E-state index in [1.54, 1.807) is 17.3 Å². The molecule has 0 radical (unpaired) electrons. The summed E-state index contributed by atoms with van der Waals surface area (Å²) >= 11 is 0. The van der Waals surface area contributed by atoms with E-state index in [4.69, 9.17) is 5.26 Å². The Balaban J connectivity index is 1.65. The molecule has 3 heterocycles. The number of rotatable bonds is 3. The van der Waals surface area contributed by atoms with Crippen molar-refractivity contribution in [1.29, 1.82) is 5.26 Å².